The van der Waals surface area contributed by atoms with E-state index in [1.807, 2.05) is 0 Å². The Balaban J connectivity index is 1.99. The number of hydroxylamine groups is 2. The van der Waals surface area contributed by atoms with Crippen LogP contribution in [0.5, 0.6) is 0 Å². The summed E-state index contributed by atoms with van der Waals surface area (Å²) in [5.74, 6) is 0.474. The lowest BCUT2D eigenvalue weighted by atomic mass is 9.95. The highest BCUT2D eigenvalue weighted by molar-refractivity contribution is 6.74. The molecule has 0 aliphatic carbocycles. The molecule has 0 bridgehead atoms. The van der Waals surface area contributed by atoms with Crippen molar-refractivity contribution in [3.05, 3.63) is 0 Å². The smallest absolute Gasteiger partial charge is 0.192 e. The summed E-state index contributed by atoms with van der Waals surface area (Å²) in [5, 5.41) is 2.89. The second-order valence-corrected chi connectivity index (χ2v) is 24.9. The number of hydrogen-bond acceptors (Lipinski definition) is 4. The van der Waals surface area contributed by atoms with Crippen molar-refractivity contribution in [2.75, 3.05) is 6.61 Å². The molecule has 0 aromatic heterocycles. The summed E-state index contributed by atoms with van der Waals surface area (Å²) < 4.78 is 13.8. The van der Waals surface area contributed by atoms with E-state index in [9.17, 15) is 0 Å². The fourth-order valence-corrected chi connectivity index (χ4v) is 7.92. The first kappa shape index (κ1) is 33.5. The Kier molecular flexibility index (Phi) is 12.4. The van der Waals surface area contributed by atoms with Gasteiger partial charge < -0.3 is 8.85 Å². The van der Waals surface area contributed by atoms with E-state index in [4.69, 9.17) is 13.7 Å². The predicted octanol–water partition coefficient (Wildman–Crippen LogP) is 9.71. The second-order valence-electron chi connectivity index (χ2n) is 15.3. The van der Waals surface area contributed by atoms with Crippen LogP contribution in [0.4, 0.5) is 0 Å². The van der Waals surface area contributed by atoms with Gasteiger partial charge in [0.05, 0.1) is 6.10 Å². The highest BCUT2D eigenvalue weighted by Crippen LogP contribution is 2.44. The Bertz CT molecular complexity index is 670. The van der Waals surface area contributed by atoms with Crippen molar-refractivity contribution in [2.24, 2.45) is 5.92 Å². The highest BCUT2D eigenvalue weighted by Gasteiger charge is 2.50. The molecule has 37 heavy (non-hydrogen) atoms. The summed E-state index contributed by atoms with van der Waals surface area (Å²) in [5.41, 5.74) is 0. The quantitative estimate of drug-likeness (QED) is 0.149. The molecule has 0 saturated carbocycles. The molecular formula is C31H65NO3Si2. The van der Waals surface area contributed by atoms with Crippen LogP contribution in [0.25, 0.3) is 0 Å². The minimum atomic E-state index is -1.81. The Morgan fingerprint density at radius 1 is 0.838 bits per heavy atom. The van der Waals surface area contributed by atoms with E-state index in [2.05, 4.69) is 86.6 Å². The normalized spacial score (nSPS) is 26.6. The number of fused-ring (bicyclic) bond motifs is 1. The molecule has 2 heterocycles. The molecule has 5 atom stereocenters. The summed E-state index contributed by atoms with van der Waals surface area (Å²) in [6, 6.07) is 0.974. The third-order valence-corrected chi connectivity index (χ3v) is 19.3. The van der Waals surface area contributed by atoms with Gasteiger partial charge in [0.2, 0.25) is 0 Å². The molecule has 220 valence electrons. The van der Waals surface area contributed by atoms with Crippen LogP contribution in [-0.4, -0.2) is 52.6 Å². The average molecular weight is 556 g/mol. The monoisotopic (exact) mass is 555 g/mol. The van der Waals surface area contributed by atoms with Gasteiger partial charge in [-0.1, -0.05) is 93.4 Å². The first-order valence-corrected chi connectivity index (χ1v) is 21.6. The van der Waals surface area contributed by atoms with Crippen LogP contribution in [0.2, 0.25) is 36.3 Å². The van der Waals surface area contributed by atoms with Gasteiger partial charge in [0.25, 0.3) is 0 Å². The lowest BCUT2D eigenvalue weighted by molar-refractivity contribution is -0.173. The summed E-state index contributed by atoms with van der Waals surface area (Å²) in [4.78, 5) is 6.56. The van der Waals surface area contributed by atoms with Crippen molar-refractivity contribution >= 4 is 16.6 Å². The minimum Gasteiger partial charge on any atom is -0.416 e. The first-order valence-electron chi connectivity index (χ1n) is 15.8. The van der Waals surface area contributed by atoms with Gasteiger partial charge in [-0.3, -0.25) is 4.84 Å². The standard InChI is InChI=1S/C31H65NO3Si2/c1-13-14-15-16-17-18-19-20-27(35-37(11,12)31(6,7)8)23-26-21-22-29-28(25(2)34-32(26)29)24-33-36(9,10)30(3,4)5/h25-29H,13-24H2,1-12H3/t25-,26-,27-,28-,29-/m0/s1. The summed E-state index contributed by atoms with van der Waals surface area (Å²) in [7, 11) is -3.57. The van der Waals surface area contributed by atoms with Crippen molar-refractivity contribution in [1.29, 1.82) is 0 Å². The van der Waals surface area contributed by atoms with Crippen LogP contribution in [-0.2, 0) is 13.7 Å². The second kappa shape index (κ2) is 13.8. The van der Waals surface area contributed by atoms with Crippen LogP contribution in [0.1, 0.15) is 126 Å². The molecule has 0 radical (unpaired) electrons. The summed E-state index contributed by atoms with van der Waals surface area (Å²) >= 11 is 0. The van der Waals surface area contributed by atoms with Crippen LogP contribution in [0.15, 0.2) is 0 Å². The van der Waals surface area contributed by atoms with Crippen LogP contribution in [0.3, 0.4) is 0 Å². The molecular weight excluding hydrogens is 491 g/mol. The molecule has 4 nitrogen and oxygen atoms in total. The van der Waals surface area contributed by atoms with E-state index in [1.54, 1.807) is 0 Å². The number of rotatable bonds is 15. The Labute approximate surface area is 234 Å². The lowest BCUT2D eigenvalue weighted by Gasteiger charge is -2.40. The van der Waals surface area contributed by atoms with Gasteiger partial charge >= 0.3 is 0 Å². The van der Waals surface area contributed by atoms with Crippen molar-refractivity contribution in [1.82, 2.24) is 5.06 Å². The molecule has 2 aliphatic rings. The van der Waals surface area contributed by atoms with Crippen molar-refractivity contribution in [3.8, 4) is 0 Å². The molecule has 0 unspecified atom stereocenters. The summed E-state index contributed by atoms with van der Waals surface area (Å²) in [6.45, 7) is 29.1. The van der Waals surface area contributed by atoms with E-state index >= 15 is 0 Å². The Morgan fingerprint density at radius 2 is 1.41 bits per heavy atom. The van der Waals surface area contributed by atoms with Gasteiger partial charge in [-0.2, -0.15) is 5.06 Å². The van der Waals surface area contributed by atoms with E-state index < -0.39 is 16.6 Å². The van der Waals surface area contributed by atoms with Gasteiger partial charge in [0.15, 0.2) is 16.6 Å². The van der Waals surface area contributed by atoms with Gasteiger partial charge in [-0.05, 0) is 68.9 Å². The van der Waals surface area contributed by atoms with Gasteiger partial charge in [0.1, 0.15) is 0 Å². The third-order valence-electron chi connectivity index (χ3n) is 10.2. The molecule has 6 heteroatoms. The fraction of sp³-hybridized carbons (Fsp3) is 1.00. The Morgan fingerprint density at radius 3 is 1.97 bits per heavy atom. The highest BCUT2D eigenvalue weighted by atomic mass is 28.4. The summed E-state index contributed by atoms with van der Waals surface area (Å²) in [6.07, 6.45) is 14.9. The number of nitrogens with zero attached hydrogens (tertiary/aromatic N) is 1. The van der Waals surface area contributed by atoms with Gasteiger partial charge in [-0.25, -0.2) is 0 Å². The maximum Gasteiger partial charge on any atom is 0.192 e. The van der Waals surface area contributed by atoms with E-state index in [-0.39, 0.29) is 16.2 Å². The molecule has 2 fully saturated rings. The largest absolute Gasteiger partial charge is 0.416 e. The molecule has 2 rings (SSSR count). The van der Waals surface area contributed by atoms with E-state index in [0.29, 0.717) is 24.1 Å². The van der Waals surface area contributed by atoms with Crippen molar-refractivity contribution in [3.63, 3.8) is 0 Å². The van der Waals surface area contributed by atoms with E-state index in [1.165, 1.54) is 64.2 Å². The molecule has 0 spiro atoms. The van der Waals surface area contributed by atoms with Crippen LogP contribution >= 0.6 is 0 Å². The van der Waals surface area contributed by atoms with Gasteiger partial charge in [-0.15, -0.1) is 0 Å². The zero-order valence-corrected chi connectivity index (χ0v) is 29.0. The molecule has 0 amide bonds. The molecule has 2 aliphatic heterocycles. The SMILES string of the molecule is CCCCCCCCC[C@@H](C[C@@H]1CC[C@H]2[C@@H](CO[Si](C)(C)C(C)(C)C)[C@H](C)ON12)O[Si](C)(C)C(C)(C)C. The van der Waals surface area contributed by atoms with Gasteiger partial charge in [0, 0.05) is 30.7 Å². The lowest BCUT2D eigenvalue weighted by Crippen LogP contribution is -2.45. The maximum atomic E-state index is 7.08. The molecule has 0 N–H and O–H groups in total. The third kappa shape index (κ3) is 9.42. The average Bonchev–Trinajstić information content (AvgIpc) is 3.28. The first-order chi connectivity index (χ1) is 17.0. The van der Waals surface area contributed by atoms with Crippen LogP contribution < -0.4 is 0 Å². The molecule has 0 aromatic rings. The van der Waals surface area contributed by atoms with Crippen molar-refractivity contribution < 1.29 is 13.7 Å². The number of hydrogen-bond donors (Lipinski definition) is 0. The maximum absolute atomic E-state index is 7.08. The zero-order chi connectivity index (χ0) is 28.1. The predicted molar refractivity (Wildman–Crippen MR) is 165 cm³/mol. The molecule has 0 aromatic carbocycles. The van der Waals surface area contributed by atoms with Crippen molar-refractivity contribution in [2.45, 2.75) is 187 Å². The zero-order valence-electron chi connectivity index (χ0n) is 27.0. The molecule has 2 saturated heterocycles. The minimum absolute atomic E-state index is 0.237. The topological polar surface area (TPSA) is 30.9 Å². The number of unbranched alkanes of at least 4 members (excludes halogenated alkanes) is 6. The van der Waals surface area contributed by atoms with E-state index in [0.717, 1.165) is 13.0 Å². The van der Waals surface area contributed by atoms with Crippen LogP contribution in [0, 0.1) is 5.92 Å². The Hall–Kier alpha value is 0.274. The fourth-order valence-electron chi connectivity index (χ4n) is 5.48.